The number of carboxylic acid groups (broad SMARTS) is 1. The number of rotatable bonds is 8. The fourth-order valence-electron chi connectivity index (χ4n) is 3.06. The number of nitrogens with zero attached hydrogens (tertiary/aromatic N) is 1. The van der Waals surface area contributed by atoms with Crippen LogP contribution in [-0.4, -0.2) is 40.9 Å². The standard InChI is InChI=1S/C15H26N2O4/c1-3-5-6-17(9-13(16)18)14(19)11-7-10(4-2)8-12(11)15(20)21/h10-12H,3-9H2,1-2H3,(H2,16,18)(H,20,21)/t10?,11-,12+/m0/s1. The van der Waals surface area contributed by atoms with Gasteiger partial charge in [0.05, 0.1) is 18.4 Å². The van der Waals surface area contributed by atoms with Gasteiger partial charge in [-0.3, -0.25) is 14.4 Å². The van der Waals surface area contributed by atoms with Crippen LogP contribution in [0.1, 0.15) is 46.0 Å². The first-order valence-corrected chi connectivity index (χ1v) is 7.70. The first-order valence-electron chi connectivity index (χ1n) is 7.70. The lowest BCUT2D eigenvalue weighted by atomic mass is 9.94. The van der Waals surface area contributed by atoms with Crippen LogP contribution in [0.4, 0.5) is 0 Å². The zero-order valence-electron chi connectivity index (χ0n) is 12.9. The highest BCUT2D eigenvalue weighted by Gasteiger charge is 2.43. The van der Waals surface area contributed by atoms with Crippen LogP contribution in [0.2, 0.25) is 0 Å². The van der Waals surface area contributed by atoms with Crippen molar-refractivity contribution in [1.82, 2.24) is 4.90 Å². The second-order valence-electron chi connectivity index (χ2n) is 5.88. The molecule has 21 heavy (non-hydrogen) atoms. The van der Waals surface area contributed by atoms with E-state index in [0.717, 1.165) is 19.3 Å². The van der Waals surface area contributed by atoms with Crippen molar-refractivity contribution in [2.75, 3.05) is 13.1 Å². The molecule has 0 aromatic rings. The Labute approximate surface area is 125 Å². The molecular formula is C15H26N2O4. The normalized spacial score (nSPS) is 24.8. The van der Waals surface area contributed by atoms with Crippen LogP contribution in [0.5, 0.6) is 0 Å². The van der Waals surface area contributed by atoms with Crippen molar-refractivity contribution in [3.05, 3.63) is 0 Å². The van der Waals surface area contributed by atoms with E-state index in [1.54, 1.807) is 0 Å². The number of hydrogen-bond donors (Lipinski definition) is 2. The van der Waals surface area contributed by atoms with Crippen LogP contribution in [0.15, 0.2) is 0 Å². The van der Waals surface area contributed by atoms with Gasteiger partial charge < -0.3 is 15.7 Å². The molecule has 0 aliphatic heterocycles. The summed E-state index contributed by atoms with van der Waals surface area (Å²) in [5.41, 5.74) is 5.20. The number of carbonyl (C=O) groups is 3. The van der Waals surface area contributed by atoms with E-state index in [9.17, 15) is 19.5 Å². The second-order valence-corrected chi connectivity index (χ2v) is 5.88. The van der Waals surface area contributed by atoms with Crippen LogP contribution in [0.3, 0.4) is 0 Å². The summed E-state index contributed by atoms with van der Waals surface area (Å²) < 4.78 is 0. The predicted molar refractivity (Wildman–Crippen MR) is 78.3 cm³/mol. The van der Waals surface area contributed by atoms with Gasteiger partial charge in [-0.1, -0.05) is 26.7 Å². The Morgan fingerprint density at radius 2 is 1.81 bits per heavy atom. The van der Waals surface area contributed by atoms with Crippen LogP contribution < -0.4 is 5.73 Å². The molecule has 0 radical (unpaired) electrons. The van der Waals surface area contributed by atoms with Gasteiger partial charge in [-0.15, -0.1) is 0 Å². The van der Waals surface area contributed by atoms with E-state index in [4.69, 9.17) is 5.73 Å². The maximum absolute atomic E-state index is 12.6. The lowest BCUT2D eigenvalue weighted by molar-refractivity contribution is -0.149. The van der Waals surface area contributed by atoms with Gasteiger partial charge in [-0.25, -0.2) is 0 Å². The SMILES string of the molecule is CCCCN(CC(N)=O)C(=O)[C@H]1CC(CC)C[C@H]1C(=O)O. The fourth-order valence-corrected chi connectivity index (χ4v) is 3.06. The molecule has 120 valence electrons. The van der Waals surface area contributed by atoms with E-state index in [1.807, 2.05) is 13.8 Å². The van der Waals surface area contributed by atoms with E-state index in [1.165, 1.54) is 4.90 Å². The molecule has 0 aromatic carbocycles. The fraction of sp³-hybridized carbons (Fsp3) is 0.800. The maximum atomic E-state index is 12.6. The summed E-state index contributed by atoms with van der Waals surface area (Å²) in [6, 6.07) is 0. The van der Waals surface area contributed by atoms with Gasteiger partial charge in [-0.05, 0) is 25.2 Å². The highest BCUT2D eigenvalue weighted by atomic mass is 16.4. The van der Waals surface area contributed by atoms with E-state index < -0.39 is 23.7 Å². The topological polar surface area (TPSA) is 101 Å². The smallest absolute Gasteiger partial charge is 0.307 e. The number of hydrogen-bond acceptors (Lipinski definition) is 3. The Morgan fingerprint density at radius 1 is 1.19 bits per heavy atom. The third-order valence-corrected chi connectivity index (χ3v) is 4.31. The van der Waals surface area contributed by atoms with Gasteiger partial charge in [-0.2, -0.15) is 0 Å². The number of amides is 2. The Balaban J connectivity index is 2.84. The third kappa shape index (κ3) is 4.72. The quantitative estimate of drug-likeness (QED) is 0.704. The van der Waals surface area contributed by atoms with Gasteiger partial charge in [0.2, 0.25) is 11.8 Å². The first kappa shape index (κ1) is 17.5. The molecule has 0 spiro atoms. The molecule has 0 bridgehead atoms. The zero-order chi connectivity index (χ0) is 16.0. The summed E-state index contributed by atoms with van der Waals surface area (Å²) in [5.74, 6) is -2.61. The highest BCUT2D eigenvalue weighted by molar-refractivity contribution is 5.88. The average Bonchev–Trinajstić information content (AvgIpc) is 2.86. The van der Waals surface area contributed by atoms with Crippen LogP contribution in [0.25, 0.3) is 0 Å². The molecule has 1 unspecified atom stereocenters. The molecule has 1 saturated carbocycles. The third-order valence-electron chi connectivity index (χ3n) is 4.31. The number of nitrogens with two attached hydrogens (primary N) is 1. The lowest BCUT2D eigenvalue weighted by Gasteiger charge is -2.26. The average molecular weight is 298 g/mol. The van der Waals surface area contributed by atoms with Gasteiger partial charge in [0.1, 0.15) is 0 Å². The molecule has 1 fully saturated rings. The molecule has 6 heteroatoms. The minimum absolute atomic E-state index is 0.127. The maximum Gasteiger partial charge on any atom is 0.307 e. The molecular weight excluding hydrogens is 272 g/mol. The monoisotopic (exact) mass is 298 g/mol. The Kier molecular flexibility index (Phi) is 6.65. The molecule has 0 aromatic heterocycles. The number of aliphatic carboxylic acids is 1. The molecule has 2 amide bonds. The molecule has 0 saturated heterocycles. The lowest BCUT2D eigenvalue weighted by Crippen LogP contribution is -2.44. The highest BCUT2D eigenvalue weighted by Crippen LogP contribution is 2.39. The van der Waals surface area contributed by atoms with E-state index >= 15 is 0 Å². The van der Waals surface area contributed by atoms with Crippen molar-refractivity contribution >= 4 is 17.8 Å². The van der Waals surface area contributed by atoms with Crippen molar-refractivity contribution in [3.8, 4) is 0 Å². The predicted octanol–water partition coefficient (Wildman–Crippen LogP) is 1.24. The largest absolute Gasteiger partial charge is 0.481 e. The van der Waals surface area contributed by atoms with E-state index in [-0.39, 0.29) is 18.4 Å². The summed E-state index contributed by atoms with van der Waals surface area (Å²) in [5, 5.41) is 9.32. The molecule has 6 nitrogen and oxygen atoms in total. The van der Waals surface area contributed by atoms with E-state index in [0.29, 0.717) is 19.4 Å². The van der Waals surface area contributed by atoms with Crippen LogP contribution >= 0.6 is 0 Å². The second kappa shape index (κ2) is 8.00. The molecule has 3 N–H and O–H groups in total. The van der Waals surface area contributed by atoms with Crippen LogP contribution in [0, 0.1) is 17.8 Å². The van der Waals surface area contributed by atoms with Crippen molar-refractivity contribution < 1.29 is 19.5 Å². The number of unbranched alkanes of at least 4 members (excludes halogenated alkanes) is 1. The van der Waals surface area contributed by atoms with Gasteiger partial charge in [0, 0.05) is 6.54 Å². The van der Waals surface area contributed by atoms with Crippen molar-refractivity contribution in [1.29, 1.82) is 0 Å². The van der Waals surface area contributed by atoms with E-state index in [2.05, 4.69) is 0 Å². The summed E-state index contributed by atoms with van der Waals surface area (Å²) in [6.07, 6.45) is 3.68. The Bertz CT molecular complexity index is 397. The Hall–Kier alpha value is -1.59. The van der Waals surface area contributed by atoms with Crippen molar-refractivity contribution in [2.45, 2.75) is 46.0 Å². The van der Waals surface area contributed by atoms with Crippen molar-refractivity contribution in [3.63, 3.8) is 0 Å². The van der Waals surface area contributed by atoms with Crippen LogP contribution in [-0.2, 0) is 14.4 Å². The first-order chi connectivity index (χ1) is 9.90. The minimum atomic E-state index is -0.918. The molecule has 3 atom stereocenters. The van der Waals surface area contributed by atoms with Gasteiger partial charge >= 0.3 is 5.97 Å². The summed E-state index contributed by atoms with van der Waals surface area (Å²) in [4.78, 5) is 36.6. The Morgan fingerprint density at radius 3 is 2.29 bits per heavy atom. The van der Waals surface area contributed by atoms with Gasteiger partial charge in [0.15, 0.2) is 0 Å². The molecule has 0 heterocycles. The van der Waals surface area contributed by atoms with Gasteiger partial charge in [0.25, 0.3) is 0 Å². The van der Waals surface area contributed by atoms with Crippen molar-refractivity contribution in [2.24, 2.45) is 23.5 Å². The molecule has 1 aliphatic rings. The number of carbonyl (C=O) groups excluding carboxylic acids is 2. The molecule has 1 rings (SSSR count). The number of primary amides is 1. The zero-order valence-corrected chi connectivity index (χ0v) is 12.9. The summed E-state index contributed by atoms with van der Waals surface area (Å²) in [6.45, 7) is 4.33. The summed E-state index contributed by atoms with van der Waals surface area (Å²) in [7, 11) is 0. The minimum Gasteiger partial charge on any atom is -0.481 e. The summed E-state index contributed by atoms with van der Waals surface area (Å²) >= 11 is 0. The molecule has 1 aliphatic carbocycles. The number of carboxylic acids is 1.